The second-order valence-electron chi connectivity index (χ2n) is 0.425. The molecule has 5 heavy (non-hydrogen) atoms. The molecule has 0 heterocycles. The van der Waals surface area contributed by atoms with Crippen molar-refractivity contribution in [2.45, 2.75) is 0 Å². The van der Waals surface area contributed by atoms with Crippen molar-refractivity contribution < 1.29 is 18.6 Å². The van der Waals surface area contributed by atoms with E-state index in [9.17, 15) is 0 Å². The molecule has 1 radical (unpaired) electrons. The summed E-state index contributed by atoms with van der Waals surface area (Å²) in [5.74, 6) is 0. The van der Waals surface area contributed by atoms with Gasteiger partial charge in [-0.1, -0.05) is 0 Å². The van der Waals surface area contributed by atoms with Crippen molar-refractivity contribution >= 4 is 23.7 Å². The first-order chi connectivity index (χ1) is 1.73. The van der Waals surface area contributed by atoms with Crippen LogP contribution >= 0.6 is 18.5 Å². The van der Waals surface area contributed by atoms with E-state index >= 15 is 0 Å². The third kappa shape index (κ3) is 39.9. The fourth-order valence-corrected chi connectivity index (χ4v) is 0. The van der Waals surface area contributed by atoms with Crippen molar-refractivity contribution in [3.63, 3.8) is 0 Å². The Morgan fingerprint density at radius 1 is 1.40 bits per heavy atom. The topological polar surface area (TPSA) is 22.3 Å². The maximum Gasteiger partial charge on any atom is 0 e. The first-order valence-electron chi connectivity index (χ1n) is 0.801. The molecule has 0 saturated heterocycles. The van der Waals surface area contributed by atoms with Crippen molar-refractivity contribution in [3.8, 4) is 0 Å². The summed E-state index contributed by atoms with van der Waals surface area (Å²) in [5.41, 5.74) is 0. The molecule has 0 rings (SSSR count). The van der Waals surface area contributed by atoms with E-state index < -0.39 is 0 Å². The summed E-state index contributed by atoms with van der Waals surface area (Å²) in [6.45, 7) is 0. The molecule has 0 N–H and O–H groups in total. The van der Waals surface area contributed by atoms with Gasteiger partial charge in [0.1, 0.15) is 0 Å². The monoisotopic (exact) mass is 143 g/mol. The zero-order chi connectivity index (χ0) is 3.58. The molecule has 4 heteroatoms. The maximum absolute atomic E-state index is 7.90. The summed E-state index contributed by atoms with van der Waals surface area (Å²) < 4.78 is 0. The van der Waals surface area contributed by atoms with E-state index in [1.165, 1.54) is 0 Å². The summed E-state index contributed by atoms with van der Waals surface area (Å²) in [5, 5.41) is 8.15. The molecule has 2 unspecified atom stereocenters. The zero-order valence-corrected chi connectivity index (χ0v) is 6.26. The summed E-state index contributed by atoms with van der Waals surface area (Å²) in [4.78, 5) is 0. The SMILES string of the molecule is [N-]=C(P)P.[V]. The zero-order valence-electron chi connectivity index (χ0n) is 2.55. The smallest absolute Gasteiger partial charge is 0 e. The molecule has 0 amide bonds. The van der Waals surface area contributed by atoms with Gasteiger partial charge in [0.05, 0.1) is 0 Å². The number of rotatable bonds is 0. The van der Waals surface area contributed by atoms with E-state index in [4.69, 9.17) is 5.41 Å². The molecule has 0 aliphatic rings. The standard InChI is InChI=1S/CH4NP2.V/c2-1(3)4;/h3-4H2;/q-1;. The Morgan fingerprint density at radius 2 is 1.40 bits per heavy atom. The molecule has 0 bridgehead atoms. The van der Waals surface area contributed by atoms with Gasteiger partial charge >= 0.3 is 0 Å². The van der Waals surface area contributed by atoms with Gasteiger partial charge in [0.25, 0.3) is 0 Å². The minimum absolute atomic E-state index is 0. The van der Waals surface area contributed by atoms with Crippen LogP contribution in [0.5, 0.6) is 0 Å². The van der Waals surface area contributed by atoms with Crippen LogP contribution in [0, 0.1) is 0 Å². The Kier molecular flexibility index (Phi) is 9.66. The van der Waals surface area contributed by atoms with E-state index in [1.807, 2.05) is 0 Å². The molecule has 0 aromatic rings. The van der Waals surface area contributed by atoms with E-state index in [0.717, 1.165) is 0 Å². The fourth-order valence-electron chi connectivity index (χ4n) is 0. The normalized spacial score (nSPS) is 5.20. The van der Waals surface area contributed by atoms with Crippen molar-refractivity contribution in [2.24, 2.45) is 0 Å². The molecular weight excluding hydrogens is 139 g/mol. The molecule has 0 aliphatic carbocycles. The maximum atomic E-state index is 7.90. The predicted molar refractivity (Wildman–Crippen MR) is 27.8 cm³/mol. The molecule has 0 saturated carbocycles. The molecule has 2 atom stereocenters. The third-order valence-electron chi connectivity index (χ3n) is 0. The Hall–Kier alpha value is 1.11. The van der Waals surface area contributed by atoms with E-state index in [1.54, 1.807) is 0 Å². The van der Waals surface area contributed by atoms with Gasteiger partial charge in [0.2, 0.25) is 0 Å². The Morgan fingerprint density at radius 3 is 1.40 bits per heavy atom. The van der Waals surface area contributed by atoms with Gasteiger partial charge in [-0.2, -0.15) is 5.19 Å². The van der Waals surface area contributed by atoms with Gasteiger partial charge in [-0.05, 0) is 0 Å². The molecule has 0 aromatic heterocycles. The number of nitrogens with zero attached hydrogens (tertiary/aromatic N) is 1. The van der Waals surface area contributed by atoms with Gasteiger partial charge in [-0.3, -0.25) is 0 Å². The largest absolute Gasteiger partial charge is 0.804 e. The number of hydrogen-bond acceptors (Lipinski definition) is 0. The summed E-state index contributed by atoms with van der Waals surface area (Å²) >= 11 is 0. The quantitative estimate of drug-likeness (QED) is 0.351. The second kappa shape index (κ2) is 5.11. The first kappa shape index (κ1) is 9.45. The molecule has 1 nitrogen and oxygen atoms in total. The average molecular weight is 143 g/mol. The van der Waals surface area contributed by atoms with Gasteiger partial charge in [-0.25, -0.2) is 0 Å². The van der Waals surface area contributed by atoms with Gasteiger partial charge in [0, 0.05) is 18.6 Å². The van der Waals surface area contributed by atoms with Crippen molar-refractivity contribution in [3.05, 3.63) is 5.41 Å². The summed E-state index contributed by atoms with van der Waals surface area (Å²) in [7, 11) is 4.19. The molecule has 29 valence electrons. The Balaban J connectivity index is 0. The fraction of sp³-hybridized carbons (Fsp3) is 0. The van der Waals surface area contributed by atoms with Gasteiger partial charge < -0.3 is 5.41 Å². The van der Waals surface area contributed by atoms with Crippen LogP contribution in [0.3, 0.4) is 0 Å². The van der Waals surface area contributed by atoms with Crippen LogP contribution in [0.4, 0.5) is 0 Å². The van der Waals surface area contributed by atoms with Gasteiger partial charge in [0.15, 0.2) is 0 Å². The Bertz CT molecular complexity index is 32.6. The van der Waals surface area contributed by atoms with E-state index in [2.05, 4.69) is 18.5 Å². The molecule has 0 spiro atoms. The van der Waals surface area contributed by atoms with Crippen molar-refractivity contribution in [1.82, 2.24) is 0 Å². The van der Waals surface area contributed by atoms with Crippen LogP contribution in [-0.2, 0) is 18.6 Å². The second-order valence-corrected chi connectivity index (χ2v) is 2.27. The minimum atomic E-state index is 0. The van der Waals surface area contributed by atoms with Crippen LogP contribution in [0.15, 0.2) is 0 Å². The van der Waals surface area contributed by atoms with Crippen molar-refractivity contribution in [1.29, 1.82) is 0 Å². The molecule has 0 aliphatic heterocycles. The third-order valence-corrected chi connectivity index (χ3v) is 0. The van der Waals surface area contributed by atoms with Crippen LogP contribution < -0.4 is 0 Å². The number of hydrogen-bond donors (Lipinski definition) is 0. The average Bonchev–Trinajstić information content (AvgIpc) is 0.811. The van der Waals surface area contributed by atoms with Crippen LogP contribution in [0.1, 0.15) is 0 Å². The summed E-state index contributed by atoms with van der Waals surface area (Å²) in [6, 6.07) is 0. The predicted octanol–water partition coefficient (Wildman–Crippen LogP) is 0.659. The first-order valence-corrected chi connectivity index (χ1v) is 1.96. The molecular formula is CH4NP2V-. The molecule has 0 fully saturated rings. The minimum Gasteiger partial charge on any atom is -0.804 e. The van der Waals surface area contributed by atoms with Crippen LogP contribution in [0.2, 0.25) is 0 Å². The molecule has 0 aromatic carbocycles. The van der Waals surface area contributed by atoms with E-state index in [0.29, 0.717) is 0 Å². The van der Waals surface area contributed by atoms with Crippen molar-refractivity contribution in [2.75, 3.05) is 0 Å². The van der Waals surface area contributed by atoms with Crippen LogP contribution in [-0.4, -0.2) is 5.19 Å². The van der Waals surface area contributed by atoms with Crippen LogP contribution in [0.25, 0.3) is 5.41 Å². The Labute approximate surface area is 48.1 Å². The summed E-state index contributed by atoms with van der Waals surface area (Å²) in [6.07, 6.45) is 0. The van der Waals surface area contributed by atoms with Gasteiger partial charge in [-0.15, -0.1) is 18.5 Å². The van der Waals surface area contributed by atoms with E-state index in [-0.39, 0.29) is 23.7 Å².